The van der Waals surface area contributed by atoms with Gasteiger partial charge in [-0.15, -0.1) is 0 Å². The molecule has 0 spiro atoms. The number of carboxylic acids is 1. The van der Waals surface area contributed by atoms with E-state index in [-0.39, 0.29) is 16.4 Å². The van der Waals surface area contributed by atoms with Gasteiger partial charge in [0.05, 0.1) is 0 Å². The van der Waals surface area contributed by atoms with E-state index in [1.165, 1.54) is 21.0 Å². The fourth-order valence-electron chi connectivity index (χ4n) is 1.93. The second-order valence-electron chi connectivity index (χ2n) is 5.33. The first-order valence-corrected chi connectivity index (χ1v) is 8.61. The number of nitrogens with one attached hydrogen (secondary N) is 1. The van der Waals surface area contributed by atoms with E-state index in [1.54, 1.807) is 0 Å². The van der Waals surface area contributed by atoms with Gasteiger partial charge in [0.2, 0.25) is 10.0 Å². The number of hydrogen-bond acceptors (Lipinski definition) is 5. The molecule has 0 aromatic carbocycles. The standard InChI is InChI=1S/C14H22N2O6S/c1-5-6-7-10(14(18)19)15-13(17)11-8-12(9(2)22-11)23(20,21)16(3)4/h8,10H,5-7H2,1-4H3,(H,15,17)(H,18,19). The van der Waals surface area contributed by atoms with Crippen LogP contribution in [0.1, 0.15) is 42.5 Å². The van der Waals surface area contributed by atoms with Crippen molar-refractivity contribution in [3.63, 3.8) is 0 Å². The summed E-state index contributed by atoms with van der Waals surface area (Å²) >= 11 is 0. The number of unbranched alkanes of at least 4 members (excludes halogenated alkanes) is 1. The van der Waals surface area contributed by atoms with Crippen LogP contribution in [0.4, 0.5) is 0 Å². The molecule has 1 unspecified atom stereocenters. The first-order valence-electron chi connectivity index (χ1n) is 7.17. The maximum absolute atomic E-state index is 12.1. The number of amides is 1. The van der Waals surface area contributed by atoms with Crippen molar-refractivity contribution in [2.75, 3.05) is 14.1 Å². The van der Waals surface area contributed by atoms with Gasteiger partial charge in [-0.1, -0.05) is 19.8 Å². The normalized spacial score (nSPS) is 13.1. The Morgan fingerprint density at radius 1 is 1.39 bits per heavy atom. The van der Waals surface area contributed by atoms with Gasteiger partial charge in [-0.3, -0.25) is 4.79 Å². The number of rotatable bonds is 8. The van der Waals surface area contributed by atoms with Crippen molar-refractivity contribution in [1.29, 1.82) is 0 Å². The van der Waals surface area contributed by atoms with Crippen molar-refractivity contribution in [1.82, 2.24) is 9.62 Å². The van der Waals surface area contributed by atoms with E-state index in [9.17, 15) is 18.0 Å². The first-order chi connectivity index (χ1) is 10.6. The molecule has 1 rings (SSSR count). The minimum Gasteiger partial charge on any atom is -0.480 e. The zero-order chi connectivity index (χ0) is 17.8. The molecule has 2 N–H and O–H groups in total. The smallest absolute Gasteiger partial charge is 0.326 e. The highest BCUT2D eigenvalue weighted by atomic mass is 32.2. The van der Waals surface area contributed by atoms with Crippen molar-refractivity contribution < 1.29 is 27.5 Å². The van der Waals surface area contributed by atoms with Crippen LogP contribution in [0.2, 0.25) is 0 Å². The Morgan fingerprint density at radius 2 is 2.00 bits per heavy atom. The number of carboxylic acid groups (broad SMARTS) is 1. The molecule has 1 amide bonds. The molecule has 1 heterocycles. The van der Waals surface area contributed by atoms with Gasteiger partial charge in [0.1, 0.15) is 16.7 Å². The summed E-state index contributed by atoms with van der Waals surface area (Å²) < 4.78 is 30.4. The summed E-state index contributed by atoms with van der Waals surface area (Å²) in [5.74, 6) is -2.05. The molecule has 9 heteroatoms. The monoisotopic (exact) mass is 346 g/mol. The number of sulfonamides is 1. The third-order valence-corrected chi connectivity index (χ3v) is 5.23. The molecule has 1 aromatic rings. The number of carbonyl (C=O) groups excluding carboxylic acids is 1. The second-order valence-corrected chi connectivity index (χ2v) is 7.45. The average Bonchev–Trinajstić information content (AvgIpc) is 2.85. The predicted octanol–water partition coefficient (Wildman–Crippen LogP) is 1.21. The van der Waals surface area contributed by atoms with Gasteiger partial charge in [0.15, 0.2) is 5.76 Å². The van der Waals surface area contributed by atoms with Gasteiger partial charge in [-0.25, -0.2) is 17.5 Å². The maximum Gasteiger partial charge on any atom is 0.326 e. The van der Waals surface area contributed by atoms with E-state index in [1.807, 2.05) is 6.92 Å². The van der Waals surface area contributed by atoms with Crippen LogP contribution in [0, 0.1) is 6.92 Å². The van der Waals surface area contributed by atoms with Crippen molar-refractivity contribution in [3.8, 4) is 0 Å². The molecule has 0 aliphatic heterocycles. The Labute approximate surface area is 135 Å². The number of carbonyl (C=O) groups is 2. The number of hydrogen-bond donors (Lipinski definition) is 2. The van der Waals surface area contributed by atoms with Crippen molar-refractivity contribution in [2.45, 2.75) is 44.0 Å². The quantitative estimate of drug-likeness (QED) is 0.731. The largest absolute Gasteiger partial charge is 0.480 e. The molecule has 1 aromatic heterocycles. The number of furan rings is 1. The molecule has 0 aliphatic carbocycles. The fourth-order valence-corrected chi connectivity index (χ4v) is 2.98. The lowest BCUT2D eigenvalue weighted by Crippen LogP contribution is -2.40. The van der Waals surface area contributed by atoms with E-state index in [0.717, 1.165) is 16.8 Å². The molecule has 0 saturated carbocycles. The molecule has 8 nitrogen and oxygen atoms in total. The molecule has 1 atom stereocenters. The van der Waals surface area contributed by atoms with E-state index < -0.39 is 27.9 Å². The van der Waals surface area contributed by atoms with Gasteiger partial charge < -0.3 is 14.8 Å². The Kier molecular flexibility index (Phi) is 6.34. The summed E-state index contributed by atoms with van der Waals surface area (Å²) in [4.78, 5) is 23.1. The Morgan fingerprint density at radius 3 is 2.48 bits per heavy atom. The molecule has 0 aliphatic rings. The zero-order valence-corrected chi connectivity index (χ0v) is 14.4. The SMILES string of the molecule is CCCCC(NC(=O)c1cc(S(=O)(=O)N(C)C)c(C)o1)C(=O)O. The van der Waals surface area contributed by atoms with Crippen molar-refractivity contribution >= 4 is 21.9 Å². The lowest BCUT2D eigenvalue weighted by atomic mass is 10.1. The van der Waals surface area contributed by atoms with Gasteiger partial charge in [-0.2, -0.15) is 0 Å². The fraction of sp³-hybridized carbons (Fsp3) is 0.571. The summed E-state index contributed by atoms with van der Waals surface area (Å²) in [5.41, 5.74) is 0. The third-order valence-electron chi connectivity index (χ3n) is 3.30. The van der Waals surface area contributed by atoms with Crippen LogP contribution in [-0.2, 0) is 14.8 Å². The average molecular weight is 346 g/mol. The van der Waals surface area contributed by atoms with Crippen molar-refractivity contribution in [2.24, 2.45) is 0 Å². The summed E-state index contributed by atoms with van der Waals surface area (Å²) in [7, 11) is -1.00. The molecular weight excluding hydrogens is 324 g/mol. The van der Waals surface area contributed by atoms with Crippen LogP contribution in [-0.4, -0.2) is 49.8 Å². The van der Waals surface area contributed by atoms with E-state index in [4.69, 9.17) is 9.52 Å². The van der Waals surface area contributed by atoms with E-state index >= 15 is 0 Å². The predicted molar refractivity (Wildman–Crippen MR) is 82.7 cm³/mol. The minimum absolute atomic E-state index is 0.0734. The van der Waals surface area contributed by atoms with Crippen LogP contribution < -0.4 is 5.32 Å². The number of aryl methyl sites for hydroxylation is 1. The van der Waals surface area contributed by atoms with Crippen LogP contribution >= 0.6 is 0 Å². The van der Waals surface area contributed by atoms with Crippen LogP contribution in [0.3, 0.4) is 0 Å². The molecule has 23 heavy (non-hydrogen) atoms. The van der Waals surface area contributed by atoms with Crippen molar-refractivity contribution in [3.05, 3.63) is 17.6 Å². The van der Waals surface area contributed by atoms with Gasteiger partial charge in [0, 0.05) is 20.2 Å². The highest BCUT2D eigenvalue weighted by Crippen LogP contribution is 2.22. The number of nitrogens with zero attached hydrogens (tertiary/aromatic N) is 1. The van der Waals surface area contributed by atoms with Gasteiger partial charge in [0.25, 0.3) is 5.91 Å². The van der Waals surface area contributed by atoms with Crippen LogP contribution in [0.15, 0.2) is 15.4 Å². The molecule has 0 saturated heterocycles. The minimum atomic E-state index is -3.74. The lowest BCUT2D eigenvalue weighted by Gasteiger charge is -2.12. The lowest BCUT2D eigenvalue weighted by molar-refractivity contribution is -0.139. The van der Waals surface area contributed by atoms with E-state index in [2.05, 4.69) is 5.32 Å². The molecule has 0 radical (unpaired) electrons. The number of aliphatic carboxylic acids is 1. The molecular formula is C14H22N2O6S. The van der Waals surface area contributed by atoms with E-state index in [0.29, 0.717) is 12.8 Å². The summed E-state index contributed by atoms with van der Waals surface area (Å²) in [6, 6.07) is 0.0698. The van der Waals surface area contributed by atoms with Crippen LogP contribution in [0.5, 0.6) is 0 Å². The molecule has 130 valence electrons. The maximum atomic E-state index is 12.1. The highest BCUT2D eigenvalue weighted by Gasteiger charge is 2.27. The summed E-state index contributed by atoms with van der Waals surface area (Å²) in [6.07, 6.45) is 1.74. The summed E-state index contributed by atoms with van der Waals surface area (Å²) in [5, 5.41) is 11.5. The Hall–Kier alpha value is -1.87. The highest BCUT2D eigenvalue weighted by molar-refractivity contribution is 7.89. The zero-order valence-electron chi connectivity index (χ0n) is 13.6. The Balaban J connectivity index is 3.00. The molecule has 0 bridgehead atoms. The van der Waals surface area contributed by atoms with Gasteiger partial charge in [-0.05, 0) is 13.3 Å². The van der Waals surface area contributed by atoms with Gasteiger partial charge >= 0.3 is 5.97 Å². The first kappa shape index (κ1) is 19.2. The van der Waals surface area contributed by atoms with Crippen LogP contribution in [0.25, 0.3) is 0 Å². The second kappa shape index (κ2) is 7.60. The summed E-state index contributed by atoms with van der Waals surface area (Å²) in [6.45, 7) is 3.34. The third kappa shape index (κ3) is 4.55. The molecule has 0 fully saturated rings. The Bertz CT molecular complexity index is 677. The topological polar surface area (TPSA) is 117 Å².